The van der Waals surface area contributed by atoms with Crippen molar-refractivity contribution >= 4 is 27.4 Å². The van der Waals surface area contributed by atoms with E-state index in [9.17, 15) is 15.4 Å². The van der Waals surface area contributed by atoms with Crippen LogP contribution in [0.1, 0.15) is 42.9 Å². The Morgan fingerprint density at radius 3 is 2.53 bits per heavy atom. The molecule has 0 aliphatic rings. The Hall–Kier alpha value is -3.24. The van der Waals surface area contributed by atoms with Crippen LogP contribution in [0.25, 0.3) is 11.1 Å². The predicted octanol–water partition coefficient (Wildman–Crippen LogP) is 6.80. The van der Waals surface area contributed by atoms with Gasteiger partial charge in [0.15, 0.2) is 0 Å². The number of pyridine rings is 1. The summed E-state index contributed by atoms with van der Waals surface area (Å²) in [5.41, 5.74) is 4.12. The summed E-state index contributed by atoms with van der Waals surface area (Å²) in [4.78, 5) is 17.9. The molecule has 1 aromatic heterocycles. The molecule has 3 aromatic rings. The number of benzene rings is 2. The molecule has 1 heterocycles. The highest BCUT2D eigenvalue weighted by atomic mass is 79.9. The molecule has 0 aliphatic heterocycles. The summed E-state index contributed by atoms with van der Waals surface area (Å²) in [6.07, 6.45) is 4.67. The van der Waals surface area contributed by atoms with Gasteiger partial charge in [0.2, 0.25) is 5.82 Å². The average molecular weight is 493 g/mol. The van der Waals surface area contributed by atoms with Gasteiger partial charge in [-0.3, -0.25) is 10.1 Å². The van der Waals surface area contributed by atoms with Crippen LogP contribution in [-0.2, 0) is 6.54 Å². The molecule has 7 heteroatoms. The third-order valence-corrected chi connectivity index (χ3v) is 6.22. The third-order valence-electron chi connectivity index (χ3n) is 5.43. The van der Waals surface area contributed by atoms with Crippen molar-refractivity contribution in [2.75, 3.05) is 11.4 Å². The topological polar surface area (TPSA) is 83.1 Å². The number of nitrogens with zero attached hydrogens (tertiary/aromatic N) is 4. The van der Waals surface area contributed by atoms with Crippen LogP contribution in [0.2, 0.25) is 0 Å². The molecule has 0 aliphatic carbocycles. The van der Waals surface area contributed by atoms with Crippen molar-refractivity contribution in [2.24, 2.45) is 0 Å². The molecule has 0 spiro atoms. The van der Waals surface area contributed by atoms with Crippen LogP contribution in [0.15, 0.2) is 59.2 Å². The van der Waals surface area contributed by atoms with E-state index in [1.807, 2.05) is 47.4 Å². The molecule has 6 nitrogen and oxygen atoms in total. The van der Waals surface area contributed by atoms with Crippen LogP contribution in [-0.4, -0.2) is 16.5 Å². The van der Waals surface area contributed by atoms with Crippen LogP contribution >= 0.6 is 15.9 Å². The van der Waals surface area contributed by atoms with Crippen molar-refractivity contribution in [3.05, 3.63) is 86.0 Å². The fraction of sp³-hybridized carbons (Fsp3) is 0.280. The van der Waals surface area contributed by atoms with Crippen molar-refractivity contribution in [3.63, 3.8) is 0 Å². The number of hydrogen-bond acceptors (Lipinski definition) is 5. The zero-order valence-electron chi connectivity index (χ0n) is 18.2. The second-order valence-electron chi connectivity index (χ2n) is 7.64. The lowest BCUT2D eigenvalue weighted by atomic mass is 9.99. The summed E-state index contributed by atoms with van der Waals surface area (Å²) in [6, 6.07) is 17.7. The van der Waals surface area contributed by atoms with Crippen LogP contribution in [0.5, 0.6) is 0 Å². The van der Waals surface area contributed by atoms with E-state index >= 15 is 0 Å². The van der Waals surface area contributed by atoms with Gasteiger partial charge in [-0.2, -0.15) is 5.26 Å². The quantitative estimate of drug-likeness (QED) is 0.186. The van der Waals surface area contributed by atoms with Gasteiger partial charge in [-0.1, -0.05) is 62.2 Å². The maximum absolute atomic E-state index is 11.8. The normalized spacial score (nSPS) is 10.6. The molecule has 0 saturated carbocycles. The molecular formula is C25H25BrN4O2. The van der Waals surface area contributed by atoms with E-state index in [1.165, 1.54) is 0 Å². The molecule has 0 amide bonds. The molecule has 0 N–H and O–H groups in total. The lowest BCUT2D eigenvalue weighted by Crippen LogP contribution is -2.26. The Morgan fingerprint density at radius 1 is 1.16 bits per heavy atom. The second kappa shape index (κ2) is 10.9. The highest BCUT2D eigenvalue weighted by molar-refractivity contribution is 9.10. The minimum absolute atomic E-state index is 0.0374. The fourth-order valence-electron chi connectivity index (χ4n) is 3.66. The van der Waals surface area contributed by atoms with Gasteiger partial charge in [-0.15, -0.1) is 0 Å². The van der Waals surface area contributed by atoms with Gasteiger partial charge in [-0.05, 0) is 52.0 Å². The van der Waals surface area contributed by atoms with Gasteiger partial charge in [0.1, 0.15) is 0 Å². The van der Waals surface area contributed by atoms with Crippen molar-refractivity contribution < 1.29 is 4.92 Å². The molecule has 0 atom stereocenters. The molecule has 0 bridgehead atoms. The van der Waals surface area contributed by atoms with Crippen molar-refractivity contribution in [2.45, 2.75) is 39.7 Å². The predicted molar refractivity (Wildman–Crippen MR) is 130 cm³/mol. The number of rotatable bonds is 9. The lowest BCUT2D eigenvalue weighted by molar-refractivity contribution is -0.385. The average Bonchev–Trinajstić information content (AvgIpc) is 2.80. The van der Waals surface area contributed by atoms with Crippen LogP contribution in [0, 0.1) is 28.4 Å². The van der Waals surface area contributed by atoms with Gasteiger partial charge >= 0.3 is 5.69 Å². The molecule has 3 rings (SSSR count). The third kappa shape index (κ3) is 5.32. The number of hydrogen-bond donors (Lipinski definition) is 0. The zero-order valence-corrected chi connectivity index (χ0v) is 19.8. The molecule has 2 aromatic carbocycles. The minimum atomic E-state index is -0.350. The molecular weight excluding hydrogens is 468 g/mol. The van der Waals surface area contributed by atoms with E-state index in [4.69, 9.17) is 0 Å². The van der Waals surface area contributed by atoms with E-state index in [0.29, 0.717) is 34.5 Å². The highest BCUT2D eigenvalue weighted by Gasteiger charge is 2.25. The summed E-state index contributed by atoms with van der Waals surface area (Å²) in [7, 11) is 0. The Morgan fingerprint density at radius 2 is 1.88 bits per heavy atom. The molecule has 0 unspecified atom stereocenters. The smallest absolute Gasteiger partial charge is 0.315 e. The number of nitro groups is 1. The molecule has 0 fully saturated rings. The number of anilines is 1. The number of nitriles is 1. The van der Waals surface area contributed by atoms with E-state index in [1.54, 1.807) is 19.2 Å². The number of halogens is 1. The Balaban J connectivity index is 1.93. The lowest BCUT2D eigenvalue weighted by Gasteiger charge is -2.24. The van der Waals surface area contributed by atoms with E-state index in [2.05, 4.69) is 33.9 Å². The largest absolute Gasteiger partial charge is 0.347 e. The molecule has 32 heavy (non-hydrogen) atoms. The summed E-state index contributed by atoms with van der Waals surface area (Å²) in [5.74, 6) is 0.394. The SMILES string of the molecule is CCCCCN(Cc1ccc(-c2ccccc2C#N)cc1)c1ncc(Br)c(C)c1[N+](=O)[O-]. The molecule has 0 saturated heterocycles. The van der Waals surface area contributed by atoms with Crippen LogP contribution < -0.4 is 4.90 Å². The first-order chi connectivity index (χ1) is 15.5. The van der Waals surface area contributed by atoms with E-state index < -0.39 is 0 Å². The second-order valence-corrected chi connectivity index (χ2v) is 8.50. The number of aromatic nitrogens is 1. The van der Waals surface area contributed by atoms with Crippen molar-refractivity contribution in [1.82, 2.24) is 4.98 Å². The minimum Gasteiger partial charge on any atom is -0.347 e. The first kappa shape index (κ1) is 23.4. The maximum Gasteiger partial charge on any atom is 0.315 e. The van der Waals surface area contributed by atoms with E-state index in [0.717, 1.165) is 36.0 Å². The fourth-order valence-corrected chi connectivity index (χ4v) is 3.95. The van der Waals surface area contributed by atoms with Crippen molar-refractivity contribution in [3.8, 4) is 17.2 Å². The first-order valence-corrected chi connectivity index (χ1v) is 11.4. The van der Waals surface area contributed by atoms with Gasteiger partial charge in [0.05, 0.1) is 16.6 Å². The Kier molecular flexibility index (Phi) is 7.96. The van der Waals surface area contributed by atoms with Gasteiger partial charge in [-0.25, -0.2) is 4.98 Å². The number of unbranched alkanes of at least 4 members (excludes halogenated alkanes) is 2. The first-order valence-electron chi connectivity index (χ1n) is 10.6. The summed E-state index contributed by atoms with van der Waals surface area (Å²) < 4.78 is 0.627. The molecule has 164 valence electrons. The maximum atomic E-state index is 11.8. The van der Waals surface area contributed by atoms with E-state index in [-0.39, 0.29) is 10.6 Å². The standard InChI is InChI=1S/C25H25BrN4O2/c1-3-4-7-14-29(25-24(30(31)32)18(2)23(26)16-28-25)17-19-10-12-20(13-11-19)22-9-6-5-8-21(22)15-27/h5-6,8-13,16H,3-4,7,14,17H2,1-2H3. The highest BCUT2D eigenvalue weighted by Crippen LogP contribution is 2.35. The Labute approximate surface area is 196 Å². The van der Waals surface area contributed by atoms with Crippen LogP contribution in [0.4, 0.5) is 11.5 Å². The summed E-state index contributed by atoms with van der Waals surface area (Å²) >= 11 is 3.36. The zero-order chi connectivity index (χ0) is 23.1. The van der Waals surface area contributed by atoms with Crippen molar-refractivity contribution in [1.29, 1.82) is 5.26 Å². The van der Waals surface area contributed by atoms with Crippen LogP contribution in [0.3, 0.4) is 0 Å². The molecule has 0 radical (unpaired) electrons. The van der Waals surface area contributed by atoms with Gasteiger partial charge < -0.3 is 4.90 Å². The monoisotopic (exact) mass is 492 g/mol. The van der Waals surface area contributed by atoms with Gasteiger partial charge in [0, 0.05) is 29.3 Å². The summed E-state index contributed by atoms with van der Waals surface area (Å²) in [6.45, 7) is 5.06. The Bertz CT molecular complexity index is 1140. The van der Waals surface area contributed by atoms with Gasteiger partial charge in [0.25, 0.3) is 0 Å². The summed E-state index contributed by atoms with van der Waals surface area (Å²) in [5, 5.41) is 21.2.